The number of hydrogen-bond donors (Lipinski definition) is 0. The molecule has 3 aromatic carbocycles. The van der Waals surface area contributed by atoms with Crippen molar-refractivity contribution in [2.45, 2.75) is 5.51 Å². The molecule has 0 amide bonds. The summed E-state index contributed by atoms with van der Waals surface area (Å²) in [5.74, 6) is -5.01. The Morgan fingerprint density at radius 3 is 1.55 bits per heavy atom. The minimum absolute atomic E-state index is 0.204. The highest BCUT2D eigenvalue weighted by molar-refractivity contribution is 7.88. The largest absolute Gasteiger partial charge is 0.534 e. The molecule has 0 spiro atoms. The molecule has 4 nitrogen and oxygen atoms in total. The average Bonchev–Trinajstić information content (AvgIpc) is 2.59. The third-order valence-electron chi connectivity index (χ3n) is 3.78. The van der Waals surface area contributed by atoms with Gasteiger partial charge in [0.1, 0.15) is 29.0 Å². The zero-order valence-corrected chi connectivity index (χ0v) is 15.8. The molecule has 12 heteroatoms. The number of nitrogens with zero attached hydrogens (tertiary/aromatic N) is 1. The van der Waals surface area contributed by atoms with Gasteiger partial charge in [-0.25, -0.2) is 17.6 Å². The zero-order valence-electron chi connectivity index (χ0n) is 15.0. The molecule has 0 aliphatic carbocycles. The van der Waals surface area contributed by atoms with Gasteiger partial charge in [-0.15, -0.1) is 0 Å². The van der Waals surface area contributed by atoms with Crippen molar-refractivity contribution in [3.63, 3.8) is 0 Å². The van der Waals surface area contributed by atoms with Crippen LogP contribution in [0.25, 0.3) is 0 Å². The number of anilines is 3. The summed E-state index contributed by atoms with van der Waals surface area (Å²) in [6.45, 7) is 0. The van der Waals surface area contributed by atoms with Crippen LogP contribution in [-0.2, 0) is 10.1 Å². The maximum absolute atomic E-state index is 13.8. The van der Waals surface area contributed by atoms with Crippen LogP contribution in [0.5, 0.6) is 5.75 Å². The summed E-state index contributed by atoms with van der Waals surface area (Å²) in [5.41, 5.74) is -6.50. The van der Waals surface area contributed by atoms with Crippen LogP contribution in [0.2, 0.25) is 0 Å². The van der Waals surface area contributed by atoms with Crippen LogP contribution in [0.4, 0.5) is 47.8 Å². The summed E-state index contributed by atoms with van der Waals surface area (Å²) in [6.07, 6.45) is 0. The van der Waals surface area contributed by atoms with Gasteiger partial charge in [0.25, 0.3) is 0 Å². The van der Waals surface area contributed by atoms with Gasteiger partial charge in [-0.05, 0) is 36.4 Å². The number of benzene rings is 3. The lowest BCUT2D eigenvalue weighted by Crippen LogP contribution is -2.28. The van der Waals surface area contributed by atoms with E-state index in [0.29, 0.717) is 12.1 Å². The Morgan fingerprint density at radius 1 is 0.677 bits per heavy atom. The van der Waals surface area contributed by atoms with E-state index in [9.17, 15) is 39.2 Å². The van der Waals surface area contributed by atoms with Gasteiger partial charge in [0.05, 0.1) is 11.4 Å². The molecule has 0 radical (unpaired) electrons. The van der Waals surface area contributed by atoms with Gasteiger partial charge in [-0.3, -0.25) is 0 Å². The second-order valence-electron chi connectivity index (χ2n) is 6.07. The molecular formula is C19H10F7NO3S. The van der Waals surface area contributed by atoms with E-state index in [2.05, 4.69) is 4.18 Å². The van der Waals surface area contributed by atoms with E-state index in [4.69, 9.17) is 0 Å². The smallest absolute Gasteiger partial charge is 0.376 e. The van der Waals surface area contributed by atoms with Crippen LogP contribution < -0.4 is 9.08 Å². The molecule has 0 aromatic heterocycles. The Labute approximate surface area is 171 Å². The first-order valence-corrected chi connectivity index (χ1v) is 9.60. The highest BCUT2D eigenvalue weighted by Gasteiger charge is 2.48. The van der Waals surface area contributed by atoms with Gasteiger partial charge < -0.3 is 9.08 Å². The number of rotatable bonds is 5. The highest BCUT2D eigenvalue weighted by Crippen LogP contribution is 2.38. The molecule has 31 heavy (non-hydrogen) atoms. The van der Waals surface area contributed by atoms with Gasteiger partial charge in [-0.1, -0.05) is 6.07 Å². The van der Waals surface area contributed by atoms with Gasteiger partial charge in [0, 0.05) is 23.9 Å². The molecular weight excluding hydrogens is 455 g/mol. The van der Waals surface area contributed by atoms with Crippen LogP contribution >= 0.6 is 0 Å². The van der Waals surface area contributed by atoms with Crippen LogP contribution in [-0.4, -0.2) is 13.9 Å². The van der Waals surface area contributed by atoms with Crippen LogP contribution in [0.3, 0.4) is 0 Å². The standard InChI is InChI=1S/C19H10F7NO3S/c20-11-4-12(21)7-16(6-11)27(17-8-13(22)5-14(23)9-17)15-2-1-3-18(10-15)30-31(28,29)19(24,25)26/h1-10H. The minimum Gasteiger partial charge on any atom is -0.376 e. The van der Waals surface area contributed by atoms with Gasteiger partial charge in [0.15, 0.2) is 0 Å². The molecule has 0 unspecified atom stereocenters. The lowest BCUT2D eigenvalue weighted by atomic mass is 10.1. The predicted octanol–water partition coefficient (Wildman–Crippen LogP) is 5.94. The van der Waals surface area contributed by atoms with Gasteiger partial charge in [0.2, 0.25) is 0 Å². The molecule has 0 heterocycles. The molecule has 3 rings (SSSR count). The van der Waals surface area contributed by atoms with E-state index >= 15 is 0 Å². The van der Waals surface area contributed by atoms with Crippen molar-refractivity contribution < 1.29 is 43.3 Å². The Bertz CT molecular complexity index is 1140. The summed E-state index contributed by atoms with van der Waals surface area (Å²) in [4.78, 5) is 0.894. The molecule has 3 aromatic rings. The van der Waals surface area contributed by atoms with E-state index in [0.717, 1.165) is 47.4 Å². The summed E-state index contributed by atoms with van der Waals surface area (Å²) in [5, 5.41) is 0. The molecule has 0 saturated carbocycles. The normalized spacial score (nSPS) is 12.0. The molecule has 0 saturated heterocycles. The van der Waals surface area contributed by atoms with Crippen molar-refractivity contribution in [1.29, 1.82) is 0 Å². The van der Waals surface area contributed by atoms with Crippen molar-refractivity contribution in [1.82, 2.24) is 0 Å². The van der Waals surface area contributed by atoms with E-state index in [1.54, 1.807) is 0 Å². The maximum Gasteiger partial charge on any atom is 0.534 e. The molecule has 0 aliphatic rings. The van der Waals surface area contributed by atoms with Crippen molar-refractivity contribution >= 4 is 27.2 Å². The van der Waals surface area contributed by atoms with E-state index in [-0.39, 0.29) is 17.1 Å². The zero-order chi connectivity index (χ0) is 23.0. The fraction of sp³-hybridized carbons (Fsp3) is 0.0526. The average molecular weight is 465 g/mol. The van der Waals surface area contributed by atoms with Crippen LogP contribution in [0.15, 0.2) is 60.7 Å². The fourth-order valence-electron chi connectivity index (χ4n) is 2.63. The second-order valence-corrected chi connectivity index (χ2v) is 7.61. The molecule has 164 valence electrons. The maximum atomic E-state index is 13.8. The van der Waals surface area contributed by atoms with Crippen LogP contribution in [0.1, 0.15) is 0 Å². The Balaban J connectivity index is 2.17. The van der Waals surface area contributed by atoms with Gasteiger partial charge >= 0.3 is 15.6 Å². The quantitative estimate of drug-likeness (QED) is 0.266. The third kappa shape index (κ3) is 5.08. The van der Waals surface area contributed by atoms with Crippen molar-refractivity contribution in [2.75, 3.05) is 4.90 Å². The Hall–Kier alpha value is -3.28. The summed E-state index contributed by atoms with van der Waals surface area (Å²) in [7, 11) is -6.01. The first-order chi connectivity index (χ1) is 14.4. The fourth-order valence-corrected chi connectivity index (χ4v) is 3.08. The first-order valence-electron chi connectivity index (χ1n) is 8.19. The highest BCUT2D eigenvalue weighted by atomic mass is 32.2. The van der Waals surface area contributed by atoms with Gasteiger partial charge in [-0.2, -0.15) is 21.6 Å². The number of halogens is 7. The molecule has 0 aliphatic heterocycles. The number of alkyl halides is 3. The topological polar surface area (TPSA) is 46.6 Å². The first kappa shape index (κ1) is 22.4. The summed E-state index contributed by atoms with van der Waals surface area (Å²) >= 11 is 0. The Kier molecular flexibility index (Phi) is 5.85. The van der Waals surface area contributed by atoms with Crippen molar-refractivity contribution in [2.24, 2.45) is 0 Å². The summed E-state index contributed by atoms with van der Waals surface area (Å²) < 4.78 is 119. The SMILES string of the molecule is O=S(=O)(Oc1cccc(N(c2cc(F)cc(F)c2)c2cc(F)cc(F)c2)c1)C(F)(F)F. The number of hydrogen-bond acceptors (Lipinski definition) is 4. The minimum atomic E-state index is -6.01. The lowest BCUT2D eigenvalue weighted by Gasteiger charge is -2.26. The van der Waals surface area contributed by atoms with Crippen LogP contribution in [0, 0.1) is 23.3 Å². The molecule has 0 bridgehead atoms. The third-order valence-corrected chi connectivity index (χ3v) is 4.76. The van der Waals surface area contributed by atoms with Crippen molar-refractivity contribution in [3.8, 4) is 5.75 Å². The Morgan fingerprint density at radius 2 is 1.13 bits per heavy atom. The molecule has 0 atom stereocenters. The summed E-state index contributed by atoms with van der Waals surface area (Å²) in [6, 6.07) is 8.19. The van der Waals surface area contributed by atoms with E-state index in [1.165, 1.54) is 6.07 Å². The van der Waals surface area contributed by atoms with E-state index < -0.39 is 44.6 Å². The molecule has 0 N–H and O–H groups in total. The van der Waals surface area contributed by atoms with Crippen molar-refractivity contribution in [3.05, 3.63) is 83.9 Å². The van der Waals surface area contributed by atoms with E-state index in [1.807, 2.05) is 0 Å². The monoisotopic (exact) mass is 465 g/mol. The lowest BCUT2D eigenvalue weighted by molar-refractivity contribution is -0.0500. The predicted molar refractivity (Wildman–Crippen MR) is 96.6 cm³/mol. The second kappa shape index (κ2) is 8.10. The molecule has 0 fully saturated rings.